The van der Waals surface area contributed by atoms with Crippen molar-refractivity contribution in [3.63, 3.8) is 0 Å². The van der Waals surface area contributed by atoms with E-state index in [1.54, 1.807) is 25.1 Å². The second kappa shape index (κ2) is 8.12. The summed E-state index contributed by atoms with van der Waals surface area (Å²) in [5.41, 5.74) is 0.652. The molecule has 1 aliphatic carbocycles. The van der Waals surface area contributed by atoms with Crippen molar-refractivity contribution in [2.75, 3.05) is 18.4 Å². The molecule has 2 fully saturated rings. The van der Waals surface area contributed by atoms with Gasteiger partial charge in [-0.05, 0) is 55.2 Å². The highest BCUT2D eigenvalue weighted by atomic mass is 19.4. The summed E-state index contributed by atoms with van der Waals surface area (Å²) >= 11 is 0. The Hall–Kier alpha value is -2.65. The van der Waals surface area contributed by atoms with E-state index in [2.05, 4.69) is 10.3 Å². The van der Waals surface area contributed by atoms with E-state index < -0.39 is 24.1 Å². The average molecular weight is 435 g/mol. The minimum atomic E-state index is -4.37. The number of anilines is 1. The molecule has 31 heavy (non-hydrogen) atoms. The maximum Gasteiger partial charge on any atom is 0.416 e. The first-order valence-corrected chi connectivity index (χ1v) is 10.2. The number of aliphatic hydroxyl groups is 1. The molecule has 4 rings (SSSR count). The van der Waals surface area contributed by atoms with Crippen LogP contribution in [0.3, 0.4) is 0 Å². The molecule has 2 aliphatic rings. The van der Waals surface area contributed by atoms with Gasteiger partial charge in [-0.1, -0.05) is 18.2 Å². The van der Waals surface area contributed by atoms with Gasteiger partial charge >= 0.3 is 12.1 Å². The number of carboxylic acid groups (broad SMARTS) is 1. The molecule has 2 heterocycles. The van der Waals surface area contributed by atoms with Crippen molar-refractivity contribution in [2.45, 2.75) is 38.2 Å². The van der Waals surface area contributed by atoms with Crippen molar-refractivity contribution < 1.29 is 28.2 Å². The lowest BCUT2D eigenvalue weighted by Crippen LogP contribution is -2.40. The van der Waals surface area contributed by atoms with Crippen LogP contribution in [0.5, 0.6) is 0 Å². The molecule has 9 heteroatoms. The van der Waals surface area contributed by atoms with Gasteiger partial charge in [0, 0.05) is 25.0 Å². The number of alkyl halides is 3. The number of rotatable bonds is 5. The minimum absolute atomic E-state index is 0.0344. The number of likely N-dealkylation sites (tertiary alicyclic amines) is 1. The zero-order valence-electron chi connectivity index (χ0n) is 16.9. The summed E-state index contributed by atoms with van der Waals surface area (Å²) in [5.74, 6) is -0.935. The highest BCUT2D eigenvalue weighted by Crippen LogP contribution is 2.49. The Balaban J connectivity index is 1.43. The number of carbonyl (C=O) groups is 1. The van der Waals surface area contributed by atoms with E-state index in [9.17, 15) is 28.2 Å². The van der Waals surface area contributed by atoms with Crippen LogP contribution in [0.1, 0.15) is 45.9 Å². The van der Waals surface area contributed by atoms with Crippen molar-refractivity contribution >= 4 is 11.7 Å². The van der Waals surface area contributed by atoms with Gasteiger partial charge in [0.25, 0.3) is 0 Å². The first-order chi connectivity index (χ1) is 14.6. The number of carboxylic acids is 1. The summed E-state index contributed by atoms with van der Waals surface area (Å²) in [5, 5.41) is 22.8. The molecule has 0 bridgehead atoms. The normalized spacial score (nSPS) is 24.7. The lowest BCUT2D eigenvalue weighted by Gasteiger charge is -2.27. The van der Waals surface area contributed by atoms with Gasteiger partial charge in [0.05, 0.1) is 11.3 Å². The van der Waals surface area contributed by atoms with Crippen LogP contribution in [-0.4, -0.2) is 45.5 Å². The largest absolute Gasteiger partial charge is 0.478 e. The Morgan fingerprint density at radius 1 is 1.23 bits per heavy atom. The topological polar surface area (TPSA) is 85.7 Å². The Bertz CT molecular complexity index is 968. The van der Waals surface area contributed by atoms with Crippen LogP contribution < -0.4 is 5.32 Å². The molecule has 2 aromatic rings. The van der Waals surface area contributed by atoms with Gasteiger partial charge in [-0.2, -0.15) is 13.2 Å². The van der Waals surface area contributed by atoms with E-state index >= 15 is 0 Å². The molecule has 3 N–H and O–H groups in total. The number of nitrogens with one attached hydrogen (secondary N) is 1. The molecular weight excluding hydrogens is 411 g/mol. The van der Waals surface area contributed by atoms with Crippen LogP contribution in [0, 0.1) is 18.8 Å². The number of benzene rings is 1. The van der Waals surface area contributed by atoms with Crippen molar-refractivity contribution in [3.8, 4) is 0 Å². The molecule has 1 saturated carbocycles. The van der Waals surface area contributed by atoms with Gasteiger partial charge in [-0.3, -0.25) is 9.88 Å². The van der Waals surface area contributed by atoms with Gasteiger partial charge in [0.2, 0.25) is 0 Å². The number of aromatic carboxylic acids is 1. The first kappa shape index (κ1) is 21.6. The molecule has 0 radical (unpaired) electrons. The quantitative estimate of drug-likeness (QED) is 0.618. The number of nitrogens with zero attached hydrogens (tertiary/aromatic N) is 2. The SMILES string of the molecule is Cc1cc(NC(O)N2C[C@H]3CC(c4ccccc4C(F)(F)F)C[C@H]3C2)c(C(=O)O)cn1. The molecule has 0 amide bonds. The molecule has 6 nitrogen and oxygen atoms in total. The summed E-state index contributed by atoms with van der Waals surface area (Å²) in [6.07, 6.45) is -2.95. The molecule has 4 atom stereocenters. The Morgan fingerprint density at radius 2 is 1.87 bits per heavy atom. The monoisotopic (exact) mass is 435 g/mol. The Morgan fingerprint density at radius 3 is 2.48 bits per heavy atom. The van der Waals surface area contributed by atoms with Crippen LogP contribution in [0.4, 0.5) is 18.9 Å². The molecule has 166 valence electrons. The lowest BCUT2D eigenvalue weighted by molar-refractivity contribution is -0.138. The van der Waals surface area contributed by atoms with E-state index in [4.69, 9.17) is 0 Å². The molecule has 1 aromatic heterocycles. The highest BCUT2D eigenvalue weighted by molar-refractivity contribution is 5.93. The molecular formula is C22H24F3N3O3. The molecule has 1 aliphatic heterocycles. The van der Waals surface area contributed by atoms with Crippen LogP contribution in [0.25, 0.3) is 0 Å². The number of hydrogen-bond donors (Lipinski definition) is 3. The number of aromatic nitrogens is 1. The van der Waals surface area contributed by atoms with Crippen molar-refractivity contribution in [1.82, 2.24) is 9.88 Å². The smallest absolute Gasteiger partial charge is 0.416 e. The summed E-state index contributed by atoms with van der Waals surface area (Å²) < 4.78 is 40.2. The fourth-order valence-electron chi connectivity index (χ4n) is 4.98. The molecule has 1 aromatic carbocycles. The van der Waals surface area contributed by atoms with Crippen LogP contribution >= 0.6 is 0 Å². The fraction of sp³-hybridized carbons (Fsp3) is 0.455. The van der Waals surface area contributed by atoms with Crippen molar-refractivity contribution in [3.05, 3.63) is 58.9 Å². The van der Waals surface area contributed by atoms with Gasteiger partial charge in [-0.25, -0.2) is 4.79 Å². The van der Waals surface area contributed by atoms with Gasteiger partial charge in [0.15, 0.2) is 6.35 Å². The lowest BCUT2D eigenvalue weighted by atomic mass is 9.91. The summed E-state index contributed by atoms with van der Waals surface area (Å²) in [4.78, 5) is 17.2. The summed E-state index contributed by atoms with van der Waals surface area (Å²) in [6.45, 7) is 2.80. The third-order valence-corrected chi connectivity index (χ3v) is 6.39. The molecule has 2 unspecified atom stereocenters. The van der Waals surface area contributed by atoms with E-state index in [1.807, 2.05) is 4.90 Å². The molecule has 0 spiro atoms. The molecule has 1 saturated heterocycles. The number of aryl methyl sites for hydroxylation is 1. The fourth-order valence-corrected chi connectivity index (χ4v) is 4.98. The van der Waals surface area contributed by atoms with Gasteiger partial charge in [0.1, 0.15) is 5.56 Å². The van der Waals surface area contributed by atoms with E-state index in [1.165, 1.54) is 12.3 Å². The Labute approximate surface area is 177 Å². The third-order valence-electron chi connectivity index (χ3n) is 6.39. The summed E-state index contributed by atoms with van der Waals surface area (Å²) in [7, 11) is 0. The third kappa shape index (κ3) is 4.38. The zero-order chi connectivity index (χ0) is 22.3. The minimum Gasteiger partial charge on any atom is -0.478 e. The summed E-state index contributed by atoms with van der Waals surface area (Å²) in [6, 6.07) is 7.34. The second-order valence-corrected chi connectivity index (χ2v) is 8.42. The number of fused-ring (bicyclic) bond motifs is 1. The van der Waals surface area contributed by atoms with Gasteiger partial charge in [-0.15, -0.1) is 0 Å². The van der Waals surface area contributed by atoms with Crippen molar-refractivity contribution in [1.29, 1.82) is 0 Å². The van der Waals surface area contributed by atoms with Crippen molar-refractivity contribution in [2.24, 2.45) is 11.8 Å². The number of pyridine rings is 1. The average Bonchev–Trinajstić information content (AvgIpc) is 3.26. The van der Waals surface area contributed by atoms with E-state index in [0.717, 1.165) is 6.07 Å². The Kier molecular flexibility index (Phi) is 5.65. The van der Waals surface area contributed by atoms with Crippen LogP contribution in [-0.2, 0) is 6.18 Å². The number of hydrogen-bond acceptors (Lipinski definition) is 5. The van der Waals surface area contributed by atoms with Gasteiger partial charge < -0.3 is 15.5 Å². The van der Waals surface area contributed by atoms with E-state index in [-0.39, 0.29) is 29.0 Å². The van der Waals surface area contributed by atoms with E-state index in [0.29, 0.717) is 37.2 Å². The first-order valence-electron chi connectivity index (χ1n) is 10.2. The second-order valence-electron chi connectivity index (χ2n) is 8.42. The standard InChI is InChI=1S/C22H24F3N3O3/c1-12-6-19(17(9-26-12)20(29)30)27-21(31)28-10-14-7-13(8-15(14)11-28)16-4-2-3-5-18(16)22(23,24)25/h2-6,9,13-15,21,31H,7-8,10-11H2,1H3,(H,26,27)(H,29,30)/t13?,14-,15+,21?. The number of halogens is 3. The maximum absolute atomic E-state index is 13.4. The maximum atomic E-state index is 13.4. The predicted octanol–water partition coefficient (Wildman–Crippen LogP) is 3.92. The predicted molar refractivity (Wildman–Crippen MR) is 108 cm³/mol. The highest BCUT2D eigenvalue weighted by Gasteiger charge is 2.45. The number of aliphatic hydroxyl groups excluding tert-OH is 1. The van der Waals surface area contributed by atoms with Crippen LogP contribution in [0.2, 0.25) is 0 Å². The van der Waals surface area contributed by atoms with Crippen LogP contribution in [0.15, 0.2) is 36.5 Å². The zero-order valence-corrected chi connectivity index (χ0v) is 16.9.